The van der Waals surface area contributed by atoms with E-state index >= 15 is 0 Å². The summed E-state index contributed by atoms with van der Waals surface area (Å²) < 4.78 is 0. The Labute approximate surface area is 96.6 Å². The molecular formula is C11H7ClN2O2. The van der Waals surface area contributed by atoms with E-state index in [2.05, 4.69) is 9.97 Å². The van der Waals surface area contributed by atoms with Crippen molar-refractivity contribution in [3.63, 3.8) is 0 Å². The molecule has 4 nitrogen and oxygen atoms in total. The van der Waals surface area contributed by atoms with Crippen LogP contribution in [-0.2, 0) is 0 Å². The number of benzene rings is 1. The van der Waals surface area contributed by atoms with Crippen molar-refractivity contribution in [3.8, 4) is 11.3 Å². The number of hydrogen-bond donors (Lipinski definition) is 1. The van der Waals surface area contributed by atoms with Crippen LogP contribution in [0.15, 0.2) is 36.8 Å². The second kappa shape index (κ2) is 4.28. The molecule has 0 aliphatic rings. The number of hydrogen-bond acceptors (Lipinski definition) is 3. The fourth-order valence-corrected chi connectivity index (χ4v) is 1.50. The summed E-state index contributed by atoms with van der Waals surface area (Å²) in [5.74, 6) is -1.06. The number of carboxylic acid groups (broad SMARTS) is 1. The van der Waals surface area contributed by atoms with E-state index in [1.165, 1.54) is 12.1 Å². The Balaban J connectivity index is 2.52. The van der Waals surface area contributed by atoms with Gasteiger partial charge in [0, 0.05) is 18.0 Å². The molecule has 0 bridgehead atoms. The van der Waals surface area contributed by atoms with Crippen molar-refractivity contribution in [1.82, 2.24) is 9.97 Å². The van der Waals surface area contributed by atoms with Gasteiger partial charge in [-0.2, -0.15) is 0 Å². The fourth-order valence-electron chi connectivity index (χ4n) is 1.30. The lowest BCUT2D eigenvalue weighted by Gasteiger charge is -2.03. The minimum atomic E-state index is -1.06. The topological polar surface area (TPSA) is 63.1 Å². The predicted molar refractivity (Wildman–Crippen MR) is 59.4 cm³/mol. The number of aromatic carboxylic acids is 1. The zero-order valence-electron chi connectivity index (χ0n) is 8.09. The van der Waals surface area contributed by atoms with Crippen LogP contribution < -0.4 is 0 Å². The van der Waals surface area contributed by atoms with Gasteiger partial charge >= 0.3 is 5.97 Å². The second-order valence-corrected chi connectivity index (χ2v) is 3.50. The van der Waals surface area contributed by atoms with Gasteiger partial charge < -0.3 is 5.11 Å². The van der Waals surface area contributed by atoms with Crippen LogP contribution in [0.5, 0.6) is 0 Å². The quantitative estimate of drug-likeness (QED) is 0.867. The number of halogens is 1. The lowest BCUT2D eigenvalue weighted by molar-refractivity contribution is 0.0697. The van der Waals surface area contributed by atoms with Crippen molar-refractivity contribution in [2.45, 2.75) is 0 Å². The molecule has 0 fully saturated rings. The Hall–Kier alpha value is -1.94. The van der Waals surface area contributed by atoms with Gasteiger partial charge in [0.25, 0.3) is 0 Å². The van der Waals surface area contributed by atoms with Crippen LogP contribution in [-0.4, -0.2) is 21.0 Å². The average Bonchev–Trinajstić information content (AvgIpc) is 2.30. The van der Waals surface area contributed by atoms with Gasteiger partial charge in [0.1, 0.15) is 0 Å². The first-order chi connectivity index (χ1) is 7.68. The Morgan fingerprint density at radius 3 is 2.75 bits per heavy atom. The van der Waals surface area contributed by atoms with Gasteiger partial charge in [0.15, 0.2) is 0 Å². The summed E-state index contributed by atoms with van der Waals surface area (Å²) in [6.45, 7) is 0. The first-order valence-corrected chi connectivity index (χ1v) is 4.85. The first-order valence-electron chi connectivity index (χ1n) is 4.47. The van der Waals surface area contributed by atoms with E-state index in [4.69, 9.17) is 16.7 Å². The third-order valence-corrected chi connectivity index (χ3v) is 2.39. The molecule has 0 radical (unpaired) electrons. The minimum absolute atomic E-state index is 0.0600. The summed E-state index contributed by atoms with van der Waals surface area (Å²) in [5.41, 5.74) is 1.35. The van der Waals surface area contributed by atoms with Crippen molar-refractivity contribution in [2.24, 2.45) is 0 Å². The van der Waals surface area contributed by atoms with Crippen LogP contribution in [0.2, 0.25) is 5.02 Å². The molecule has 1 aromatic heterocycles. The average molecular weight is 235 g/mol. The summed E-state index contributed by atoms with van der Waals surface area (Å²) in [7, 11) is 0. The number of carbonyl (C=O) groups is 1. The minimum Gasteiger partial charge on any atom is -0.478 e. The fraction of sp³-hybridized carbons (Fsp3) is 0. The van der Waals surface area contributed by atoms with Crippen LogP contribution in [0.1, 0.15) is 10.4 Å². The number of carboxylic acids is 1. The van der Waals surface area contributed by atoms with Crippen molar-refractivity contribution < 1.29 is 9.90 Å². The molecule has 1 aromatic carbocycles. The van der Waals surface area contributed by atoms with Gasteiger partial charge in [-0.15, -0.1) is 0 Å². The Morgan fingerprint density at radius 2 is 2.12 bits per heavy atom. The van der Waals surface area contributed by atoms with Gasteiger partial charge in [0.05, 0.1) is 22.5 Å². The predicted octanol–water partition coefficient (Wildman–Crippen LogP) is 2.50. The van der Waals surface area contributed by atoms with Gasteiger partial charge in [0.2, 0.25) is 0 Å². The molecule has 2 aromatic rings. The molecule has 0 saturated heterocycles. The van der Waals surface area contributed by atoms with Crippen molar-refractivity contribution in [2.75, 3.05) is 0 Å². The van der Waals surface area contributed by atoms with Crippen molar-refractivity contribution in [3.05, 3.63) is 47.4 Å². The number of rotatable bonds is 2. The summed E-state index contributed by atoms with van der Waals surface area (Å²) in [6, 6.07) is 4.72. The molecule has 1 N–H and O–H groups in total. The highest BCUT2D eigenvalue weighted by Gasteiger charge is 2.10. The maximum absolute atomic E-state index is 10.9. The van der Waals surface area contributed by atoms with Crippen molar-refractivity contribution >= 4 is 17.6 Å². The molecule has 0 aliphatic carbocycles. The van der Waals surface area contributed by atoms with Crippen molar-refractivity contribution in [1.29, 1.82) is 0 Å². The zero-order chi connectivity index (χ0) is 11.5. The molecule has 0 spiro atoms. The van der Waals surface area contributed by atoms with Crippen LogP contribution >= 0.6 is 11.6 Å². The highest BCUT2D eigenvalue weighted by atomic mass is 35.5. The molecule has 0 saturated carbocycles. The molecule has 1 heterocycles. The number of nitrogens with zero attached hydrogens (tertiary/aromatic N) is 2. The summed E-state index contributed by atoms with van der Waals surface area (Å²) in [6.07, 6.45) is 4.66. The summed E-state index contributed by atoms with van der Waals surface area (Å²) in [5, 5.41) is 9.12. The summed E-state index contributed by atoms with van der Waals surface area (Å²) in [4.78, 5) is 18.9. The van der Waals surface area contributed by atoms with Crippen LogP contribution in [0, 0.1) is 0 Å². The lowest BCUT2D eigenvalue weighted by atomic mass is 10.1. The normalized spacial score (nSPS) is 10.1. The molecule has 2 rings (SSSR count). The van der Waals surface area contributed by atoms with Gasteiger partial charge in [-0.1, -0.05) is 17.7 Å². The molecular weight excluding hydrogens is 228 g/mol. The van der Waals surface area contributed by atoms with E-state index in [-0.39, 0.29) is 10.6 Å². The highest BCUT2D eigenvalue weighted by molar-refractivity contribution is 6.33. The maximum Gasteiger partial charge on any atom is 0.337 e. The molecule has 0 amide bonds. The molecule has 0 aliphatic heterocycles. The zero-order valence-corrected chi connectivity index (χ0v) is 8.85. The molecule has 80 valence electrons. The maximum atomic E-state index is 10.9. The Kier molecular flexibility index (Phi) is 2.83. The Bertz CT molecular complexity index is 529. The number of aromatic nitrogens is 2. The monoisotopic (exact) mass is 234 g/mol. The van der Waals surface area contributed by atoms with E-state index in [0.29, 0.717) is 11.3 Å². The second-order valence-electron chi connectivity index (χ2n) is 3.09. The third kappa shape index (κ3) is 2.01. The van der Waals surface area contributed by atoms with Crippen LogP contribution in [0.3, 0.4) is 0 Å². The summed E-state index contributed by atoms with van der Waals surface area (Å²) >= 11 is 5.76. The molecule has 16 heavy (non-hydrogen) atoms. The van der Waals surface area contributed by atoms with Crippen LogP contribution in [0.4, 0.5) is 0 Å². The van der Waals surface area contributed by atoms with Gasteiger partial charge in [-0.05, 0) is 12.1 Å². The Morgan fingerprint density at radius 1 is 1.31 bits per heavy atom. The van der Waals surface area contributed by atoms with E-state index in [9.17, 15) is 4.79 Å². The van der Waals surface area contributed by atoms with Crippen LogP contribution in [0.25, 0.3) is 11.3 Å². The largest absolute Gasteiger partial charge is 0.478 e. The SMILES string of the molecule is O=C(O)c1cc(-c2cnccn2)ccc1Cl. The third-order valence-electron chi connectivity index (χ3n) is 2.06. The highest BCUT2D eigenvalue weighted by Crippen LogP contribution is 2.23. The molecule has 0 unspecified atom stereocenters. The standard InChI is InChI=1S/C11H7ClN2O2/c12-9-2-1-7(5-8(9)11(15)16)10-6-13-3-4-14-10/h1-6H,(H,15,16). The first kappa shape index (κ1) is 10.6. The van der Waals surface area contributed by atoms with E-state index in [1.807, 2.05) is 0 Å². The van der Waals surface area contributed by atoms with Gasteiger partial charge in [-0.25, -0.2) is 4.79 Å². The lowest BCUT2D eigenvalue weighted by Crippen LogP contribution is -1.98. The van der Waals surface area contributed by atoms with E-state index < -0.39 is 5.97 Å². The molecule has 0 atom stereocenters. The smallest absolute Gasteiger partial charge is 0.337 e. The van der Waals surface area contributed by atoms with E-state index in [0.717, 1.165) is 0 Å². The van der Waals surface area contributed by atoms with Gasteiger partial charge in [-0.3, -0.25) is 9.97 Å². The van der Waals surface area contributed by atoms with E-state index in [1.54, 1.807) is 24.7 Å². The molecule has 5 heteroatoms.